The number of oxazole rings is 1. The van der Waals surface area contributed by atoms with Crippen LogP contribution in [0, 0.1) is 5.92 Å². The molecule has 1 aromatic heterocycles. The van der Waals surface area contributed by atoms with Crippen LogP contribution in [-0.4, -0.2) is 19.2 Å². The molecule has 112 valence electrons. The number of Topliss-reactive ketones (excluding diaryl/α,β-unsaturated/α-hetero) is 1. The molecule has 0 bridgehead atoms. The van der Waals surface area contributed by atoms with Gasteiger partial charge in [-0.05, 0) is 24.8 Å². The van der Waals surface area contributed by atoms with Crippen LogP contribution in [0.2, 0.25) is 0 Å². The highest BCUT2D eigenvalue weighted by atomic mass is 32.2. The van der Waals surface area contributed by atoms with Gasteiger partial charge in [-0.1, -0.05) is 25.0 Å². The molecule has 1 aromatic rings. The average molecular weight is 308 g/mol. The number of sulfonamides is 1. The summed E-state index contributed by atoms with van der Waals surface area (Å²) >= 11 is 0. The first-order chi connectivity index (χ1) is 9.96. The Morgan fingerprint density at radius 3 is 2.62 bits per heavy atom. The number of primary sulfonamides is 1. The summed E-state index contributed by atoms with van der Waals surface area (Å²) in [4.78, 5) is 16.7. The average Bonchev–Trinajstić information content (AvgIpc) is 3.11. The molecule has 2 aliphatic carbocycles. The number of hydrogen-bond donors (Lipinski definition) is 1. The Labute approximate surface area is 122 Å². The molecule has 0 radical (unpaired) electrons. The molecule has 0 aliphatic heterocycles. The van der Waals surface area contributed by atoms with Crippen molar-refractivity contribution in [2.75, 3.05) is 0 Å². The van der Waals surface area contributed by atoms with Gasteiger partial charge >= 0.3 is 0 Å². The van der Waals surface area contributed by atoms with Gasteiger partial charge in [0.2, 0.25) is 10.0 Å². The summed E-state index contributed by atoms with van der Waals surface area (Å²) in [5.74, 6) is -0.495. The van der Waals surface area contributed by atoms with Crippen molar-refractivity contribution in [2.24, 2.45) is 11.1 Å². The molecule has 2 aliphatic rings. The molecule has 21 heavy (non-hydrogen) atoms. The number of carbonyl (C=O) groups is 1. The highest BCUT2D eigenvalue weighted by Crippen LogP contribution is 2.46. The maximum atomic E-state index is 12.9. The normalized spacial score (nSPS) is 27.1. The predicted molar refractivity (Wildman–Crippen MR) is 75.5 cm³/mol. The van der Waals surface area contributed by atoms with Crippen molar-refractivity contribution in [3.05, 3.63) is 41.5 Å². The summed E-state index contributed by atoms with van der Waals surface area (Å²) in [6.45, 7) is 0. The van der Waals surface area contributed by atoms with Crippen molar-refractivity contribution in [3.8, 4) is 0 Å². The first-order valence-corrected chi connectivity index (χ1v) is 8.36. The lowest BCUT2D eigenvalue weighted by atomic mass is 9.67. The maximum Gasteiger partial charge on any atom is 0.241 e. The van der Waals surface area contributed by atoms with Gasteiger partial charge in [0, 0.05) is 0 Å². The Morgan fingerprint density at radius 1 is 1.33 bits per heavy atom. The van der Waals surface area contributed by atoms with E-state index >= 15 is 0 Å². The summed E-state index contributed by atoms with van der Waals surface area (Å²) in [5.41, 5.74) is -0.634. The van der Waals surface area contributed by atoms with Crippen LogP contribution in [0.4, 0.5) is 0 Å². The van der Waals surface area contributed by atoms with Gasteiger partial charge in [0.05, 0.1) is 5.69 Å². The molecule has 1 heterocycles. The fraction of sp³-hybridized carbons (Fsp3) is 0.429. The van der Waals surface area contributed by atoms with Crippen LogP contribution >= 0.6 is 0 Å². The second kappa shape index (κ2) is 4.92. The fourth-order valence-corrected chi connectivity index (χ4v) is 4.09. The Hall–Kier alpha value is -1.73. The van der Waals surface area contributed by atoms with Gasteiger partial charge in [0.25, 0.3) is 0 Å². The van der Waals surface area contributed by atoms with E-state index < -0.39 is 21.2 Å². The van der Waals surface area contributed by atoms with E-state index in [1.54, 1.807) is 12.2 Å². The molecule has 3 rings (SSSR count). The highest BCUT2D eigenvalue weighted by molar-refractivity contribution is 7.94. The third-order valence-corrected chi connectivity index (χ3v) is 5.30. The molecule has 2 N–H and O–H groups in total. The molecule has 1 saturated carbocycles. The first-order valence-electron chi connectivity index (χ1n) is 6.82. The van der Waals surface area contributed by atoms with Gasteiger partial charge in [-0.2, -0.15) is 0 Å². The third kappa shape index (κ3) is 2.16. The Balaban J connectivity index is 2.16. The van der Waals surface area contributed by atoms with E-state index in [0.717, 1.165) is 25.7 Å². The van der Waals surface area contributed by atoms with Gasteiger partial charge in [0.1, 0.15) is 16.6 Å². The zero-order valence-corrected chi connectivity index (χ0v) is 12.2. The molecular formula is C14H16N2O4S. The number of rotatable bonds is 3. The van der Waals surface area contributed by atoms with E-state index in [2.05, 4.69) is 4.98 Å². The number of hydrogen-bond acceptors (Lipinski definition) is 5. The minimum Gasteiger partial charge on any atom is -0.451 e. The smallest absolute Gasteiger partial charge is 0.241 e. The van der Waals surface area contributed by atoms with Gasteiger partial charge in [-0.15, -0.1) is 0 Å². The second-order valence-electron chi connectivity index (χ2n) is 5.49. The molecular weight excluding hydrogens is 292 g/mol. The van der Waals surface area contributed by atoms with Crippen LogP contribution in [0.5, 0.6) is 0 Å². The number of nitrogens with two attached hydrogens (primary N) is 1. The molecule has 0 spiro atoms. The zero-order valence-electron chi connectivity index (χ0n) is 11.4. The van der Waals surface area contributed by atoms with Crippen molar-refractivity contribution >= 4 is 15.8 Å². The molecule has 6 nitrogen and oxygen atoms in total. The van der Waals surface area contributed by atoms with Gasteiger partial charge in [-0.25, -0.2) is 18.5 Å². The fourth-order valence-electron chi connectivity index (χ4n) is 3.40. The summed E-state index contributed by atoms with van der Waals surface area (Å²) in [6, 6.07) is 0. The third-order valence-electron chi connectivity index (χ3n) is 4.37. The van der Waals surface area contributed by atoms with Gasteiger partial charge in [0.15, 0.2) is 12.2 Å². The lowest BCUT2D eigenvalue weighted by Gasteiger charge is -2.35. The Morgan fingerprint density at radius 2 is 2.05 bits per heavy atom. The van der Waals surface area contributed by atoms with Crippen LogP contribution in [-0.2, 0) is 20.2 Å². The molecule has 7 heteroatoms. The molecule has 1 atom stereocenters. The zero-order chi connectivity index (χ0) is 15.1. The van der Waals surface area contributed by atoms with Crippen LogP contribution in [0.3, 0.4) is 0 Å². The van der Waals surface area contributed by atoms with Crippen molar-refractivity contribution in [2.45, 2.75) is 31.1 Å². The van der Waals surface area contributed by atoms with E-state index in [1.165, 1.54) is 18.7 Å². The van der Waals surface area contributed by atoms with E-state index in [-0.39, 0.29) is 10.8 Å². The van der Waals surface area contributed by atoms with Crippen molar-refractivity contribution in [1.82, 2.24) is 4.98 Å². The van der Waals surface area contributed by atoms with Crippen molar-refractivity contribution < 1.29 is 17.6 Å². The van der Waals surface area contributed by atoms with E-state index in [0.29, 0.717) is 5.69 Å². The van der Waals surface area contributed by atoms with E-state index in [4.69, 9.17) is 9.56 Å². The second-order valence-corrected chi connectivity index (χ2v) is 7.02. The topological polar surface area (TPSA) is 103 Å². The number of carbonyl (C=O) groups excluding carboxylic acids is 1. The van der Waals surface area contributed by atoms with Crippen molar-refractivity contribution in [1.29, 1.82) is 0 Å². The Kier molecular flexibility index (Phi) is 3.33. The summed E-state index contributed by atoms with van der Waals surface area (Å²) < 4.78 is 28.4. The number of aromatic nitrogens is 1. The van der Waals surface area contributed by atoms with Crippen LogP contribution < -0.4 is 5.14 Å². The highest BCUT2D eigenvalue weighted by Gasteiger charge is 2.51. The van der Waals surface area contributed by atoms with Crippen LogP contribution in [0.15, 0.2) is 40.2 Å². The number of nitrogens with zero attached hydrogens (tertiary/aromatic N) is 1. The standard InChI is InChI=1S/C14H16N2O4S/c15-21(18,19)11-6-3-7-14(13(11)17,10-4-1-2-5-10)12-8-20-9-16-12/h3,6-10H,1-2,4-5H2,(H2,15,18,19). The quantitative estimate of drug-likeness (QED) is 0.909. The number of allylic oxidation sites excluding steroid dienone is 4. The molecule has 0 amide bonds. The monoisotopic (exact) mass is 308 g/mol. The van der Waals surface area contributed by atoms with E-state index in [9.17, 15) is 13.2 Å². The summed E-state index contributed by atoms with van der Waals surface area (Å²) in [7, 11) is -4.06. The molecule has 0 aromatic carbocycles. The molecule has 0 saturated heterocycles. The van der Waals surface area contributed by atoms with Crippen LogP contribution in [0.25, 0.3) is 0 Å². The minimum atomic E-state index is -4.06. The predicted octanol–water partition coefficient (Wildman–Crippen LogP) is 1.41. The Bertz CT molecular complexity index is 712. The lowest BCUT2D eigenvalue weighted by molar-refractivity contribution is -0.120. The largest absolute Gasteiger partial charge is 0.451 e. The van der Waals surface area contributed by atoms with Gasteiger partial charge < -0.3 is 4.42 Å². The first kappa shape index (κ1) is 14.2. The van der Waals surface area contributed by atoms with E-state index in [1.807, 2.05) is 0 Å². The summed E-state index contributed by atoms with van der Waals surface area (Å²) in [6.07, 6.45) is 11.0. The van der Waals surface area contributed by atoms with Crippen LogP contribution in [0.1, 0.15) is 31.4 Å². The molecule has 1 fully saturated rings. The minimum absolute atomic E-state index is 0.0109. The maximum absolute atomic E-state index is 12.9. The number of ketones is 1. The summed E-state index contributed by atoms with van der Waals surface area (Å²) in [5, 5.41) is 5.18. The van der Waals surface area contributed by atoms with Gasteiger partial charge in [-0.3, -0.25) is 4.79 Å². The van der Waals surface area contributed by atoms with Crippen molar-refractivity contribution in [3.63, 3.8) is 0 Å². The lowest BCUT2D eigenvalue weighted by Crippen LogP contribution is -2.45. The SMILES string of the molecule is NS(=O)(=O)C1=CC=CC(c2cocn2)(C2CCCC2)C1=O. The molecule has 1 unspecified atom stereocenters.